The topological polar surface area (TPSA) is 95.9 Å². The number of carbonyl (C=O) groups is 2. The van der Waals surface area contributed by atoms with Gasteiger partial charge in [-0.3, -0.25) is 9.59 Å². The molecule has 0 saturated carbocycles. The Morgan fingerprint density at radius 2 is 0.839 bits per heavy atom. The lowest BCUT2D eigenvalue weighted by atomic mass is 10.0. The normalized spacial score (nSPS) is 12.8. The van der Waals surface area contributed by atoms with E-state index in [0.29, 0.717) is 25.9 Å². The van der Waals surface area contributed by atoms with Gasteiger partial charge in [0.2, 0.25) is 5.91 Å². The fraction of sp³-hybridized carbons (Fsp3) is 0.893. The second-order valence-electron chi connectivity index (χ2n) is 18.9. The minimum absolute atomic E-state index is 0.0283. The lowest BCUT2D eigenvalue weighted by molar-refractivity contribution is -0.143. The molecule has 0 aliphatic rings. The third kappa shape index (κ3) is 47.8. The largest absolute Gasteiger partial charge is 0.466 e. The van der Waals surface area contributed by atoms with Gasteiger partial charge in [0.25, 0.3) is 0 Å². The van der Waals surface area contributed by atoms with Crippen molar-refractivity contribution in [2.45, 2.75) is 309 Å². The summed E-state index contributed by atoms with van der Waals surface area (Å²) in [7, 11) is 0. The monoisotopic (exact) mass is 874 g/mol. The number of rotatable bonds is 51. The zero-order chi connectivity index (χ0) is 45.1. The first-order valence-electron chi connectivity index (χ1n) is 27.6. The van der Waals surface area contributed by atoms with Gasteiger partial charge in [-0.25, -0.2) is 0 Å². The summed E-state index contributed by atoms with van der Waals surface area (Å²) in [6, 6.07) is -0.557. The Hall–Kier alpha value is -1.66. The number of allylic oxidation sites excluding steroid dienone is 4. The van der Waals surface area contributed by atoms with Crippen molar-refractivity contribution in [3.8, 4) is 0 Å². The summed E-state index contributed by atoms with van der Waals surface area (Å²) in [4.78, 5) is 24.5. The molecule has 0 fully saturated rings. The molecule has 0 aliphatic heterocycles. The van der Waals surface area contributed by atoms with Crippen LogP contribution in [0.3, 0.4) is 0 Å². The van der Waals surface area contributed by atoms with E-state index in [-0.39, 0.29) is 18.5 Å². The van der Waals surface area contributed by atoms with Gasteiger partial charge in [0.05, 0.1) is 25.4 Å². The Morgan fingerprint density at radius 3 is 1.29 bits per heavy atom. The maximum absolute atomic E-state index is 12.5. The molecule has 366 valence electrons. The molecule has 0 spiro atoms. The fourth-order valence-corrected chi connectivity index (χ4v) is 8.50. The van der Waals surface area contributed by atoms with E-state index in [1.54, 1.807) is 0 Å². The minimum atomic E-state index is -0.678. The van der Waals surface area contributed by atoms with Gasteiger partial charge < -0.3 is 20.3 Å². The standard InChI is InChI=1S/C56H107NO5/c1-3-5-7-9-11-13-15-17-18-19-20-21-22-23-24-26-28-32-36-40-44-48-54(59)53(52-58)57-55(60)49-45-41-37-33-29-27-31-35-39-43-47-51-62-56(61)50-46-42-38-34-30-25-16-14-12-10-8-6-4-2/h8,10,14,16,53-54,58-59H,3-7,9,11-13,15,17-52H2,1-2H3,(H,57,60)/b10-8-,16-14-. The second kappa shape index (κ2) is 52.0. The summed E-state index contributed by atoms with van der Waals surface area (Å²) in [5, 5.41) is 23.3. The SMILES string of the molecule is CCC/C=C\C/C=C\CCCCCCCC(=O)OCCCCCCCCCCCCCC(=O)NC(CO)C(O)CCCCCCCCCCCCCCCCCCCCCCC. The van der Waals surface area contributed by atoms with Crippen LogP contribution in [0.25, 0.3) is 0 Å². The number of carbonyl (C=O) groups excluding carboxylic acids is 2. The van der Waals surface area contributed by atoms with Gasteiger partial charge in [-0.15, -0.1) is 0 Å². The quantitative estimate of drug-likeness (QED) is 0.0321. The Labute approximate surface area is 386 Å². The van der Waals surface area contributed by atoms with E-state index in [9.17, 15) is 19.8 Å². The van der Waals surface area contributed by atoms with E-state index in [1.807, 2.05) is 0 Å². The minimum Gasteiger partial charge on any atom is -0.466 e. The summed E-state index contributed by atoms with van der Waals surface area (Å²) >= 11 is 0. The van der Waals surface area contributed by atoms with Crippen molar-refractivity contribution in [1.29, 1.82) is 0 Å². The first kappa shape index (κ1) is 60.3. The van der Waals surface area contributed by atoms with Gasteiger partial charge in [-0.05, 0) is 51.4 Å². The van der Waals surface area contributed by atoms with Crippen molar-refractivity contribution in [2.75, 3.05) is 13.2 Å². The molecule has 3 N–H and O–H groups in total. The average Bonchev–Trinajstić information content (AvgIpc) is 3.27. The van der Waals surface area contributed by atoms with Crippen LogP contribution in [-0.4, -0.2) is 47.4 Å². The second-order valence-corrected chi connectivity index (χ2v) is 18.9. The van der Waals surface area contributed by atoms with E-state index in [4.69, 9.17) is 4.74 Å². The highest BCUT2D eigenvalue weighted by molar-refractivity contribution is 5.76. The molecule has 1 amide bonds. The van der Waals surface area contributed by atoms with Crippen LogP contribution < -0.4 is 5.32 Å². The van der Waals surface area contributed by atoms with Crippen LogP contribution in [0.1, 0.15) is 296 Å². The van der Waals surface area contributed by atoms with Gasteiger partial charge in [0.1, 0.15) is 0 Å². The number of hydrogen-bond donors (Lipinski definition) is 3. The molecule has 0 radical (unpaired) electrons. The average molecular weight is 874 g/mol. The fourth-order valence-electron chi connectivity index (χ4n) is 8.50. The number of nitrogens with one attached hydrogen (secondary N) is 1. The summed E-state index contributed by atoms with van der Waals surface area (Å²) in [6.07, 6.45) is 61.5. The van der Waals surface area contributed by atoms with E-state index >= 15 is 0 Å². The van der Waals surface area contributed by atoms with Crippen LogP contribution in [0.15, 0.2) is 24.3 Å². The summed E-state index contributed by atoms with van der Waals surface area (Å²) in [5.74, 6) is -0.0809. The zero-order valence-corrected chi connectivity index (χ0v) is 41.6. The Kier molecular flexibility index (Phi) is 50.6. The van der Waals surface area contributed by atoms with E-state index in [0.717, 1.165) is 70.6 Å². The molecule has 6 nitrogen and oxygen atoms in total. The molecule has 6 heteroatoms. The van der Waals surface area contributed by atoms with Crippen molar-refractivity contribution in [3.63, 3.8) is 0 Å². The molecule has 2 unspecified atom stereocenters. The third-order valence-electron chi connectivity index (χ3n) is 12.7. The Morgan fingerprint density at radius 1 is 0.452 bits per heavy atom. The maximum atomic E-state index is 12.5. The van der Waals surface area contributed by atoms with E-state index in [1.165, 1.54) is 193 Å². The number of unbranched alkanes of at least 4 members (excludes halogenated alkanes) is 36. The molecule has 0 aromatic rings. The van der Waals surface area contributed by atoms with Crippen LogP contribution in [0.2, 0.25) is 0 Å². The molecular weight excluding hydrogens is 767 g/mol. The number of hydrogen-bond acceptors (Lipinski definition) is 5. The smallest absolute Gasteiger partial charge is 0.305 e. The maximum Gasteiger partial charge on any atom is 0.305 e. The van der Waals surface area contributed by atoms with Crippen molar-refractivity contribution in [1.82, 2.24) is 5.32 Å². The number of amides is 1. The summed E-state index contributed by atoms with van der Waals surface area (Å²) in [5.41, 5.74) is 0. The van der Waals surface area contributed by atoms with Crippen LogP contribution in [-0.2, 0) is 14.3 Å². The molecule has 0 aromatic heterocycles. The predicted molar refractivity (Wildman–Crippen MR) is 269 cm³/mol. The molecule has 0 aromatic carbocycles. The van der Waals surface area contributed by atoms with E-state index in [2.05, 4.69) is 43.5 Å². The first-order chi connectivity index (χ1) is 30.5. The molecule has 0 aliphatic carbocycles. The van der Waals surface area contributed by atoms with Gasteiger partial charge in [-0.1, -0.05) is 256 Å². The highest BCUT2D eigenvalue weighted by atomic mass is 16.5. The highest BCUT2D eigenvalue weighted by Gasteiger charge is 2.20. The molecule has 0 bridgehead atoms. The number of esters is 1. The van der Waals surface area contributed by atoms with Crippen LogP contribution in [0.4, 0.5) is 0 Å². The molecule has 0 saturated heterocycles. The van der Waals surface area contributed by atoms with Crippen LogP contribution in [0.5, 0.6) is 0 Å². The lowest BCUT2D eigenvalue weighted by Crippen LogP contribution is -2.45. The van der Waals surface area contributed by atoms with Crippen molar-refractivity contribution >= 4 is 11.9 Å². The number of ether oxygens (including phenoxy) is 1. The molecule has 0 heterocycles. The van der Waals surface area contributed by atoms with E-state index < -0.39 is 12.1 Å². The third-order valence-corrected chi connectivity index (χ3v) is 12.7. The Balaban J connectivity index is 3.47. The Bertz CT molecular complexity index is 966. The first-order valence-corrected chi connectivity index (χ1v) is 27.6. The van der Waals surface area contributed by atoms with Gasteiger partial charge in [-0.2, -0.15) is 0 Å². The molecule has 0 rings (SSSR count). The van der Waals surface area contributed by atoms with Crippen LogP contribution >= 0.6 is 0 Å². The lowest BCUT2D eigenvalue weighted by Gasteiger charge is -2.22. The van der Waals surface area contributed by atoms with Crippen molar-refractivity contribution in [2.24, 2.45) is 0 Å². The summed E-state index contributed by atoms with van der Waals surface area (Å²) in [6.45, 7) is 4.85. The number of aliphatic hydroxyl groups excluding tert-OH is 2. The zero-order valence-electron chi connectivity index (χ0n) is 41.6. The number of aliphatic hydroxyl groups is 2. The molecule has 62 heavy (non-hydrogen) atoms. The van der Waals surface area contributed by atoms with Gasteiger partial charge in [0, 0.05) is 12.8 Å². The van der Waals surface area contributed by atoms with Gasteiger partial charge in [0.15, 0.2) is 0 Å². The molecule has 2 atom stereocenters. The summed E-state index contributed by atoms with van der Waals surface area (Å²) < 4.78 is 5.45. The highest BCUT2D eigenvalue weighted by Crippen LogP contribution is 2.17. The van der Waals surface area contributed by atoms with Crippen molar-refractivity contribution in [3.05, 3.63) is 24.3 Å². The predicted octanol–water partition coefficient (Wildman–Crippen LogP) is 16.7. The van der Waals surface area contributed by atoms with Crippen LogP contribution in [0, 0.1) is 0 Å². The van der Waals surface area contributed by atoms with Crippen molar-refractivity contribution < 1.29 is 24.5 Å². The van der Waals surface area contributed by atoms with Gasteiger partial charge >= 0.3 is 5.97 Å². The molecular formula is C56H107NO5.